The van der Waals surface area contributed by atoms with E-state index in [1.807, 2.05) is 6.20 Å². The summed E-state index contributed by atoms with van der Waals surface area (Å²) in [7, 11) is 0. The number of hydrogen-bond acceptors (Lipinski definition) is 2. The van der Waals surface area contributed by atoms with Crippen LogP contribution in [0.15, 0.2) is 145 Å². The van der Waals surface area contributed by atoms with Gasteiger partial charge in [0, 0.05) is 23.7 Å². The number of nitrogens with zero attached hydrogens (tertiary/aromatic N) is 1. The first kappa shape index (κ1) is 27.2. The third kappa shape index (κ3) is 5.12. The van der Waals surface area contributed by atoms with Gasteiger partial charge in [0.25, 0.3) is 0 Å². The van der Waals surface area contributed by atoms with Crippen LogP contribution in [0, 0.1) is 0 Å². The molecule has 206 valence electrons. The minimum atomic E-state index is -0.0201. The number of nitrogens with one attached hydrogen (secondary N) is 1. The fourth-order valence-corrected chi connectivity index (χ4v) is 6.28. The third-order valence-electron chi connectivity index (χ3n) is 8.14. The highest BCUT2D eigenvalue weighted by Crippen LogP contribution is 2.50. The van der Waals surface area contributed by atoms with Gasteiger partial charge in [-0.25, -0.2) is 0 Å². The molecule has 0 fully saturated rings. The van der Waals surface area contributed by atoms with Gasteiger partial charge in [-0.3, -0.25) is 4.99 Å². The molecule has 0 spiro atoms. The molecule has 2 heteroatoms. The van der Waals surface area contributed by atoms with E-state index in [9.17, 15) is 0 Å². The van der Waals surface area contributed by atoms with Crippen molar-refractivity contribution in [3.8, 4) is 11.1 Å². The molecule has 1 heterocycles. The molecule has 0 radical (unpaired) electrons. The van der Waals surface area contributed by atoms with E-state index in [1.54, 1.807) is 12.3 Å². The van der Waals surface area contributed by atoms with Crippen LogP contribution in [0.25, 0.3) is 38.2 Å². The lowest BCUT2D eigenvalue weighted by Crippen LogP contribution is -2.20. The maximum Gasteiger partial charge on any atom is 0.0782 e. The number of aliphatic imine (C=N–C) groups is 1. The van der Waals surface area contributed by atoms with Crippen molar-refractivity contribution in [2.24, 2.45) is 4.99 Å². The Morgan fingerprint density at radius 1 is 0.881 bits per heavy atom. The van der Waals surface area contributed by atoms with Gasteiger partial charge in [-0.05, 0) is 86.8 Å². The van der Waals surface area contributed by atoms with E-state index >= 15 is 0 Å². The van der Waals surface area contributed by atoms with Crippen LogP contribution < -0.4 is 5.32 Å². The lowest BCUT2D eigenvalue weighted by Gasteiger charge is -2.34. The molecular formula is C40H36N2. The van der Waals surface area contributed by atoms with Crippen molar-refractivity contribution in [1.29, 1.82) is 0 Å². The van der Waals surface area contributed by atoms with Crippen molar-refractivity contribution in [3.63, 3.8) is 0 Å². The second-order valence-electron chi connectivity index (χ2n) is 10.6. The summed E-state index contributed by atoms with van der Waals surface area (Å²) in [6, 6.07) is 35.5. The number of hydrogen-bond donors (Lipinski definition) is 1. The summed E-state index contributed by atoms with van der Waals surface area (Å²) in [5, 5.41) is 9.10. The van der Waals surface area contributed by atoms with E-state index in [0.29, 0.717) is 0 Å². The molecule has 5 aromatic carbocycles. The molecule has 1 unspecified atom stereocenters. The van der Waals surface area contributed by atoms with Crippen LogP contribution in [0.2, 0.25) is 0 Å². The van der Waals surface area contributed by atoms with Gasteiger partial charge in [0.05, 0.1) is 6.04 Å². The first-order valence-corrected chi connectivity index (χ1v) is 14.8. The number of allylic oxidation sites excluding steroid dienone is 5. The third-order valence-corrected chi connectivity index (χ3v) is 8.14. The van der Waals surface area contributed by atoms with E-state index in [-0.39, 0.29) is 6.04 Å². The van der Waals surface area contributed by atoms with Crippen LogP contribution in [-0.2, 0) is 6.42 Å². The van der Waals surface area contributed by atoms with Crippen LogP contribution in [0.4, 0.5) is 5.69 Å². The van der Waals surface area contributed by atoms with Gasteiger partial charge in [-0.15, -0.1) is 0 Å². The predicted octanol–water partition coefficient (Wildman–Crippen LogP) is 10.9. The first-order chi connectivity index (χ1) is 20.7. The zero-order chi connectivity index (χ0) is 28.9. The summed E-state index contributed by atoms with van der Waals surface area (Å²) in [6.45, 7) is 8.08. The number of anilines is 1. The quantitative estimate of drug-likeness (QED) is 0.152. The number of benzene rings is 5. The van der Waals surface area contributed by atoms with Crippen LogP contribution in [0.5, 0.6) is 0 Å². The maximum absolute atomic E-state index is 4.30. The second-order valence-corrected chi connectivity index (χ2v) is 10.6. The Labute approximate surface area is 249 Å². The Hall–Kier alpha value is -4.95. The van der Waals surface area contributed by atoms with Crippen molar-refractivity contribution in [3.05, 3.63) is 156 Å². The number of rotatable bonds is 8. The van der Waals surface area contributed by atoms with E-state index < -0.39 is 0 Å². The van der Waals surface area contributed by atoms with E-state index in [2.05, 4.69) is 146 Å². The van der Waals surface area contributed by atoms with Gasteiger partial charge >= 0.3 is 0 Å². The van der Waals surface area contributed by atoms with Crippen molar-refractivity contribution >= 4 is 39.0 Å². The molecule has 1 atom stereocenters. The molecule has 0 amide bonds. The molecule has 2 nitrogen and oxygen atoms in total. The zero-order valence-corrected chi connectivity index (χ0v) is 24.3. The average Bonchev–Trinajstić information content (AvgIpc) is 3.03. The summed E-state index contributed by atoms with van der Waals surface area (Å²) in [5.41, 5.74) is 10.3. The monoisotopic (exact) mass is 544 g/mol. The van der Waals surface area contributed by atoms with Gasteiger partial charge in [-0.2, -0.15) is 0 Å². The van der Waals surface area contributed by atoms with E-state index in [4.69, 9.17) is 0 Å². The van der Waals surface area contributed by atoms with E-state index in [1.165, 1.54) is 66.2 Å². The summed E-state index contributed by atoms with van der Waals surface area (Å²) in [6.07, 6.45) is 13.6. The van der Waals surface area contributed by atoms with Crippen molar-refractivity contribution < 1.29 is 0 Å². The molecular weight excluding hydrogens is 508 g/mol. The molecule has 1 aliphatic heterocycles. The molecule has 5 aromatic rings. The van der Waals surface area contributed by atoms with Gasteiger partial charge in [0.1, 0.15) is 0 Å². The van der Waals surface area contributed by atoms with Gasteiger partial charge in [-0.1, -0.05) is 123 Å². The Balaban J connectivity index is 1.61. The lowest BCUT2D eigenvalue weighted by atomic mass is 9.78. The molecule has 0 aliphatic carbocycles. The van der Waals surface area contributed by atoms with Gasteiger partial charge in [0.2, 0.25) is 0 Å². The normalized spacial score (nSPS) is 15.2. The minimum Gasteiger partial charge on any atom is -0.374 e. The summed E-state index contributed by atoms with van der Waals surface area (Å²) >= 11 is 0. The Morgan fingerprint density at radius 2 is 1.62 bits per heavy atom. The van der Waals surface area contributed by atoms with Crippen LogP contribution in [-0.4, -0.2) is 6.21 Å². The summed E-state index contributed by atoms with van der Waals surface area (Å²) < 4.78 is 0. The smallest absolute Gasteiger partial charge is 0.0782 e. The Kier molecular flexibility index (Phi) is 7.96. The highest BCUT2D eigenvalue weighted by atomic mass is 14.9. The fraction of sp³-hybridized carbons (Fsp3) is 0.125. The van der Waals surface area contributed by atoms with Crippen LogP contribution in [0.3, 0.4) is 0 Å². The molecule has 0 saturated heterocycles. The van der Waals surface area contributed by atoms with Crippen molar-refractivity contribution in [1.82, 2.24) is 0 Å². The largest absolute Gasteiger partial charge is 0.374 e. The molecule has 0 aromatic heterocycles. The molecule has 6 rings (SSSR count). The topological polar surface area (TPSA) is 24.4 Å². The summed E-state index contributed by atoms with van der Waals surface area (Å²) in [4.78, 5) is 4.30. The molecule has 0 bridgehead atoms. The van der Waals surface area contributed by atoms with Crippen LogP contribution >= 0.6 is 0 Å². The predicted molar refractivity (Wildman–Crippen MR) is 183 cm³/mol. The number of fused-ring (bicyclic) bond motifs is 6. The fourth-order valence-electron chi connectivity index (χ4n) is 6.28. The highest BCUT2D eigenvalue weighted by Gasteiger charge is 2.31. The minimum absolute atomic E-state index is 0.0201. The van der Waals surface area contributed by atoms with E-state index in [0.717, 1.165) is 12.8 Å². The van der Waals surface area contributed by atoms with Gasteiger partial charge < -0.3 is 5.32 Å². The molecule has 42 heavy (non-hydrogen) atoms. The first-order valence-electron chi connectivity index (χ1n) is 14.8. The van der Waals surface area contributed by atoms with Crippen LogP contribution in [0.1, 0.15) is 43.0 Å². The lowest BCUT2D eigenvalue weighted by molar-refractivity contribution is 0.970. The second kappa shape index (κ2) is 12.3. The molecule has 1 aliphatic rings. The van der Waals surface area contributed by atoms with Crippen molar-refractivity contribution in [2.45, 2.75) is 32.7 Å². The van der Waals surface area contributed by atoms with Gasteiger partial charge in [0.15, 0.2) is 0 Å². The average molecular weight is 545 g/mol. The maximum atomic E-state index is 4.30. The molecule has 1 N–H and O–H groups in total. The Bertz CT molecular complexity index is 1900. The van der Waals surface area contributed by atoms with Crippen molar-refractivity contribution in [2.75, 3.05) is 5.32 Å². The SMILES string of the molecule is C=CC=N/C=C/Cc1ccccc1/C(=C(/C=C\C)CC)C1Nc2cc3ccccc3cc2-c2c1ccc1ccccc21. The Morgan fingerprint density at radius 3 is 2.40 bits per heavy atom. The highest BCUT2D eigenvalue weighted by molar-refractivity contribution is 6.07. The molecule has 0 saturated carbocycles. The standard InChI is InChI=1S/C40H36N2/c1-4-14-28(6-3)38(33-20-11-9-15-29(33)19-13-25-41-24-5-2)40-35-23-22-30-16-10-12-21-34(30)39(35)36-26-31-17-7-8-18-32(31)27-37(36)42-40/h4-5,7-18,20-27,40,42H,2,6,19H2,1,3H3/b14-4-,25-13+,38-28-,41-24?. The summed E-state index contributed by atoms with van der Waals surface area (Å²) in [5.74, 6) is 0. The zero-order valence-electron chi connectivity index (χ0n) is 24.3.